The smallest absolute Gasteiger partial charge is 0.315 e. The van der Waals surface area contributed by atoms with Crippen molar-refractivity contribution in [3.63, 3.8) is 0 Å². The van der Waals surface area contributed by atoms with E-state index in [1.54, 1.807) is 18.2 Å². The summed E-state index contributed by atoms with van der Waals surface area (Å²) in [5.74, 6) is -0.902. The van der Waals surface area contributed by atoms with E-state index in [1.165, 1.54) is 7.05 Å². The first kappa shape index (κ1) is 14.8. The Labute approximate surface area is 115 Å². The van der Waals surface area contributed by atoms with Gasteiger partial charge in [-0.05, 0) is 37.6 Å². The van der Waals surface area contributed by atoms with Gasteiger partial charge in [0.2, 0.25) is 5.91 Å². The van der Waals surface area contributed by atoms with Gasteiger partial charge in [-0.2, -0.15) is 13.2 Å². The Kier molecular flexibility index (Phi) is 3.77. The van der Waals surface area contributed by atoms with E-state index in [4.69, 9.17) is 0 Å². The summed E-state index contributed by atoms with van der Waals surface area (Å²) < 4.78 is 40.0. The van der Waals surface area contributed by atoms with Crippen molar-refractivity contribution in [1.29, 1.82) is 0 Å². The number of carbonyl (C=O) groups is 1. The molecule has 1 aliphatic heterocycles. The zero-order valence-electron chi connectivity index (χ0n) is 11.4. The van der Waals surface area contributed by atoms with E-state index in [1.807, 2.05) is 13.0 Å². The molecule has 1 aliphatic rings. The van der Waals surface area contributed by atoms with Crippen molar-refractivity contribution in [2.75, 3.05) is 25.0 Å². The molecule has 1 fully saturated rings. The summed E-state index contributed by atoms with van der Waals surface area (Å²) in [4.78, 5) is 13.5. The van der Waals surface area contributed by atoms with Crippen molar-refractivity contribution in [3.8, 4) is 0 Å². The Morgan fingerprint density at radius 1 is 1.40 bits per heavy atom. The number of halogens is 3. The van der Waals surface area contributed by atoms with Gasteiger partial charge >= 0.3 is 6.18 Å². The maximum atomic E-state index is 13.3. The van der Waals surface area contributed by atoms with Gasteiger partial charge < -0.3 is 10.2 Å². The van der Waals surface area contributed by atoms with Crippen LogP contribution in [-0.2, 0) is 4.79 Å². The van der Waals surface area contributed by atoms with Gasteiger partial charge in [0.15, 0.2) is 5.41 Å². The predicted molar refractivity (Wildman–Crippen MR) is 70.6 cm³/mol. The number of aryl methyl sites for hydroxylation is 1. The zero-order chi connectivity index (χ0) is 15.0. The quantitative estimate of drug-likeness (QED) is 0.906. The highest BCUT2D eigenvalue weighted by Crippen LogP contribution is 2.44. The van der Waals surface area contributed by atoms with Crippen LogP contribution in [0.15, 0.2) is 24.3 Å². The fourth-order valence-corrected chi connectivity index (χ4v) is 2.51. The second-order valence-electron chi connectivity index (χ2n) is 5.21. The molecule has 1 amide bonds. The molecule has 20 heavy (non-hydrogen) atoms. The third kappa shape index (κ3) is 2.40. The largest absolute Gasteiger partial charge is 0.404 e. The van der Waals surface area contributed by atoms with E-state index < -0.39 is 17.5 Å². The highest BCUT2D eigenvalue weighted by Gasteiger charge is 2.62. The average Bonchev–Trinajstić information content (AvgIpc) is 2.87. The summed E-state index contributed by atoms with van der Waals surface area (Å²) in [6, 6.07) is 6.89. The molecule has 110 valence electrons. The number of carbonyl (C=O) groups excluding carboxylic acids is 1. The van der Waals surface area contributed by atoms with Crippen LogP contribution in [0.3, 0.4) is 0 Å². The second kappa shape index (κ2) is 5.09. The van der Waals surface area contributed by atoms with Crippen LogP contribution in [0.1, 0.15) is 12.0 Å². The summed E-state index contributed by atoms with van der Waals surface area (Å²) in [6.07, 6.45) is -4.77. The minimum Gasteiger partial charge on any atom is -0.315 e. The molecule has 1 N–H and O–H groups in total. The molecule has 6 heteroatoms. The van der Waals surface area contributed by atoms with Crippen LogP contribution in [0.2, 0.25) is 0 Å². The van der Waals surface area contributed by atoms with E-state index in [0.29, 0.717) is 5.69 Å². The van der Waals surface area contributed by atoms with E-state index in [0.717, 1.165) is 10.5 Å². The van der Waals surface area contributed by atoms with Crippen molar-refractivity contribution in [2.45, 2.75) is 19.5 Å². The molecule has 2 rings (SSSR count). The van der Waals surface area contributed by atoms with Gasteiger partial charge in [0.25, 0.3) is 0 Å². The number of benzene rings is 1. The third-order valence-corrected chi connectivity index (χ3v) is 3.80. The predicted octanol–water partition coefficient (Wildman–Crippen LogP) is 2.50. The number of amides is 1. The Bertz CT molecular complexity index is 507. The van der Waals surface area contributed by atoms with E-state index in [-0.39, 0.29) is 19.5 Å². The summed E-state index contributed by atoms with van der Waals surface area (Å²) in [5.41, 5.74) is -0.941. The standard InChI is InChI=1S/C14H17F3N2O/c1-10-4-3-5-11(8-10)19(2)12(20)13(14(15,16)17)6-7-18-9-13/h3-5,8,18H,6-7,9H2,1-2H3. The van der Waals surface area contributed by atoms with Gasteiger partial charge in [-0.3, -0.25) is 4.79 Å². The van der Waals surface area contributed by atoms with Crippen LogP contribution in [0, 0.1) is 12.3 Å². The molecular formula is C14H17F3N2O. The Morgan fingerprint density at radius 2 is 2.10 bits per heavy atom. The monoisotopic (exact) mass is 286 g/mol. The fourth-order valence-electron chi connectivity index (χ4n) is 2.51. The highest BCUT2D eigenvalue weighted by atomic mass is 19.4. The molecule has 0 aliphatic carbocycles. The minimum atomic E-state index is -4.55. The lowest BCUT2D eigenvalue weighted by Gasteiger charge is -2.33. The molecule has 1 unspecified atom stereocenters. The highest BCUT2D eigenvalue weighted by molar-refractivity contribution is 5.98. The number of nitrogens with zero attached hydrogens (tertiary/aromatic N) is 1. The lowest BCUT2D eigenvalue weighted by Crippen LogP contribution is -2.52. The van der Waals surface area contributed by atoms with Crippen molar-refractivity contribution >= 4 is 11.6 Å². The lowest BCUT2D eigenvalue weighted by molar-refractivity contribution is -0.214. The first-order valence-corrected chi connectivity index (χ1v) is 6.40. The number of nitrogens with one attached hydrogen (secondary N) is 1. The number of hydrogen-bond donors (Lipinski definition) is 1. The minimum absolute atomic E-state index is 0.201. The molecule has 1 aromatic carbocycles. The van der Waals surface area contributed by atoms with Crippen LogP contribution in [0.25, 0.3) is 0 Å². The van der Waals surface area contributed by atoms with E-state index in [2.05, 4.69) is 5.32 Å². The molecule has 3 nitrogen and oxygen atoms in total. The molecule has 1 saturated heterocycles. The summed E-state index contributed by atoms with van der Waals surface area (Å²) in [6.45, 7) is 1.68. The topological polar surface area (TPSA) is 32.3 Å². The normalized spacial score (nSPS) is 22.9. The van der Waals surface area contributed by atoms with Crippen molar-refractivity contribution in [1.82, 2.24) is 5.32 Å². The van der Waals surface area contributed by atoms with Gasteiger partial charge in [0, 0.05) is 19.3 Å². The SMILES string of the molecule is Cc1cccc(N(C)C(=O)C2(C(F)(F)F)CCNC2)c1. The van der Waals surface area contributed by atoms with Gasteiger partial charge in [-0.1, -0.05) is 12.1 Å². The van der Waals surface area contributed by atoms with Crippen molar-refractivity contribution in [2.24, 2.45) is 5.41 Å². The van der Waals surface area contributed by atoms with Crippen LogP contribution in [-0.4, -0.2) is 32.2 Å². The second-order valence-corrected chi connectivity index (χ2v) is 5.21. The first-order chi connectivity index (χ1) is 9.28. The number of anilines is 1. The van der Waals surface area contributed by atoms with Crippen molar-refractivity contribution < 1.29 is 18.0 Å². The zero-order valence-corrected chi connectivity index (χ0v) is 11.4. The Hall–Kier alpha value is -1.56. The van der Waals surface area contributed by atoms with E-state index in [9.17, 15) is 18.0 Å². The van der Waals surface area contributed by atoms with Crippen LogP contribution < -0.4 is 10.2 Å². The Balaban J connectivity index is 2.34. The molecule has 0 aromatic heterocycles. The van der Waals surface area contributed by atoms with Gasteiger partial charge in [-0.15, -0.1) is 0 Å². The molecule has 0 bridgehead atoms. The lowest BCUT2D eigenvalue weighted by atomic mass is 9.84. The summed E-state index contributed by atoms with van der Waals surface area (Å²) >= 11 is 0. The van der Waals surface area contributed by atoms with Crippen LogP contribution in [0.5, 0.6) is 0 Å². The molecule has 1 aromatic rings. The van der Waals surface area contributed by atoms with Crippen LogP contribution in [0.4, 0.5) is 18.9 Å². The number of rotatable bonds is 2. The molecule has 0 spiro atoms. The first-order valence-electron chi connectivity index (χ1n) is 6.40. The Morgan fingerprint density at radius 3 is 2.60 bits per heavy atom. The molecular weight excluding hydrogens is 269 g/mol. The maximum Gasteiger partial charge on any atom is 0.404 e. The average molecular weight is 286 g/mol. The third-order valence-electron chi connectivity index (χ3n) is 3.80. The fraction of sp³-hybridized carbons (Fsp3) is 0.500. The number of hydrogen-bond acceptors (Lipinski definition) is 2. The van der Waals surface area contributed by atoms with E-state index >= 15 is 0 Å². The molecule has 0 radical (unpaired) electrons. The van der Waals surface area contributed by atoms with Gasteiger partial charge in [-0.25, -0.2) is 0 Å². The summed E-state index contributed by atoms with van der Waals surface area (Å²) in [5, 5.41) is 2.65. The van der Waals surface area contributed by atoms with Gasteiger partial charge in [0.05, 0.1) is 0 Å². The van der Waals surface area contributed by atoms with Crippen LogP contribution >= 0.6 is 0 Å². The summed E-state index contributed by atoms with van der Waals surface area (Å²) in [7, 11) is 1.39. The van der Waals surface area contributed by atoms with Crippen molar-refractivity contribution in [3.05, 3.63) is 29.8 Å². The number of alkyl halides is 3. The molecule has 0 saturated carbocycles. The molecule has 1 atom stereocenters. The molecule has 1 heterocycles. The van der Waals surface area contributed by atoms with Gasteiger partial charge in [0.1, 0.15) is 0 Å². The maximum absolute atomic E-state index is 13.3.